The monoisotopic (exact) mass is 379 g/mol. The molecule has 2 aromatic rings. The summed E-state index contributed by atoms with van der Waals surface area (Å²) >= 11 is 0. The molecule has 1 heterocycles. The number of likely N-dealkylation sites (tertiary alicyclic amines) is 1. The van der Waals surface area contributed by atoms with Crippen LogP contribution in [-0.2, 0) is 4.79 Å². The molecule has 3 N–H and O–H groups in total. The smallest absolute Gasteiger partial charge is 0.241 e. The maximum atomic E-state index is 13.1. The van der Waals surface area contributed by atoms with Crippen LogP contribution in [0.5, 0.6) is 0 Å². The zero-order valence-electron chi connectivity index (χ0n) is 17.5. The van der Waals surface area contributed by atoms with Crippen molar-refractivity contribution >= 4 is 11.6 Å². The van der Waals surface area contributed by atoms with Gasteiger partial charge in [-0.15, -0.1) is 0 Å². The molecule has 1 amide bonds. The fourth-order valence-electron chi connectivity index (χ4n) is 4.27. The summed E-state index contributed by atoms with van der Waals surface area (Å²) in [5, 5.41) is 3.21. The van der Waals surface area contributed by atoms with Crippen molar-refractivity contribution in [3.63, 3.8) is 0 Å². The summed E-state index contributed by atoms with van der Waals surface area (Å²) in [5.41, 5.74) is 10.6. The second kappa shape index (κ2) is 8.89. The van der Waals surface area contributed by atoms with E-state index in [1.165, 1.54) is 11.1 Å². The zero-order valence-corrected chi connectivity index (χ0v) is 17.5. The number of carbonyl (C=O) groups is 1. The third-order valence-corrected chi connectivity index (χ3v) is 6.10. The SMILES string of the molecule is Cc1cccc(C(C)C)c1NC(=O)C(C)N1C[C@@H](CN)[C@H](c2ccccc2)C1. The molecule has 0 aromatic heterocycles. The second-order valence-corrected chi connectivity index (χ2v) is 8.33. The molecule has 1 unspecified atom stereocenters. The maximum Gasteiger partial charge on any atom is 0.241 e. The highest BCUT2D eigenvalue weighted by Gasteiger charge is 2.37. The number of nitrogens with zero attached hydrogens (tertiary/aromatic N) is 1. The van der Waals surface area contributed by atoms with Crippen molar-refractivity contribution in [3.05, 3.63) is 65.2 Å². The Morgan fingerprint density at radius 2 is 1.82 bits per heavy atom. The Bertz CT molecular complexity index is 803. The summed E-state index contributed by atoms with van der Waals surface area (Å²) < 4.78 is 0. The molecular weight excluding hydrogens is 346 g/mol. The molecule has 1 aliphatic rings. The quantitative estimate of drug-likeness (QED) is 0.794. The maximum absolute atomic E-state index is 13.1. The fraction of sp³-hybridized carbons (Fsp3) is 0.458. The van der Waals surface area contributed by atoms with E-state index in [-0.39, 0.29) is 11.9 Å². The molecule has 1 fully saturated rings. The molecule has 0 saturated carbocycles. The van der Waals surface area contributed by atoms with Gasteiger partial charge in [-0.2, -0.15) is 0 Å². The number of benzene rings is 2. The van der Waals surface area contributed by atoms with Crippen LogP contribution in [0.3, 0.4) is 0 Å². The van der Waals surface area contributed by atoms with Crippen molar-refractivity contribution in [1.29, 1.82) is 0 Å². The number of hydrogen-bond donors (Lipinski definition) is 2. The number of hydrogen-bond acceptors (Lipinski definition) is 3. The van der Waals surface area contributed by atoms with Gasteiger partial charge in [0.25, 0.3) is 0 Å². The first-order chi connectivity index (χ1) is 13.4. The van der Waals surface area contributed by atoms with Crippen LogP contribution in [0.4, 0.5) is 5.69 Å². The van der Waals surface area contributed by atoms with E-state index in [1.54, 1.807) is 0 Å². The van der Waals surface area contributed by atoms with Crippen LogP contribution in [0.1, 0.15) is 49.3 Å². The van der Waals surface area contributed by atoms with Gasteiger partial charge in [0.15, 0.2) is 0 Å². The Labute approximate surface area is 169 Å². The highest BCUT2D eigenvalue weighted by molar-refractivity contribution is 5.96. The van der Waals surface area contributed by atoms with Crippen LogP contribution < -0.4 is 11.1 Å². The number of anilines is 1. The van der Waals surface area contributed by atoms with Crippen LogP contribution in [-0.4, -0.2) is 36.5 Å². The van der Waals surface area contributed by atoms with Crippen LogP contribution >= 0.6 is 0 Å². The first-order valence-electron chi connectivity index (χ1n) is 10.3. The summed E-state index contributed by atoms with van der Waals surface area (Å²) in [7, 11) is 0. The predicted octanol–water partition coefficient (Wildman–Crippen LogP) is 4.12. The van der Waals surface area contributed by atoms with Crippen molar-refractivity contribution in [2.75, 3.05) is 25.0 Å². The number of aryl methyl sites for hydroxylation is 1. The lowest BCUT2D eigenvalue weighted by molar-refractivity contribution is -0.120. The van der Waals surface area contributed by atoms with Gasteiger partial charge < -0.3 is 11.1 Å². The van der Waals surface area contributed by atoms with Crippen molar-refractivity contribution in [2.24, 2.45) is 11.7 Å². The molecule has 4 heteroatoms. The summed E-state index contributed by atoms with van der Waals surface area (Å²) in [6, 6.07) is 16.6. The second-order valence-electron chi connectivity index (χ2n) is 8.33. The van der Waals surface area contributed by atoms with Gasteiger partial charge in [-0.3, -0.25) is 9.69 Å². The normalized spacial score (nSPS) is 21.1. The molecule has 4 nitrogen and oxygen atoms in total. The van der Waals surface area contributed by atoms with E-state index in [9.17, 15) is 4.79 Å². The topological polar surface area (TPSA) is 58.4 Å². The summed E-state index contributed by atoms with van der Waals surface area (Å²) in [6.07, 6.45) is 0. The predicted molar refractivity (Wildman–Crippen MR) is 117 cm³/mol. The third kappa shape index (κ3) is 4.29. The van der Waals surface area contributed by atoms with Crippen molar-refractivity contribution in [1.82, 2.24) is 4.90 Å². The number of nitrogens with two attached hydrogens (primary N) is 1. The number of para-hydroxylation sites is 1. The van der Waals surface area contributed by atoms with E-state index in [0.717, 1.165) is 24.3 Å². The Morgan fingerprint density at radius 1 is 1.11 bits per heavy atom. The number of nitrogens with one attached hydrogen (secondary N) is 1. The molecule has 2 aromatic carbocycles. The molecule has 28 heavy (non-hydrogen) atoms. The Morgan fingerprint density at radius 3 is 2.46 bits per heavy atom. The van der Waals surface area contributed by atoms with Gasteiger partial charge >= 0.3 is 0 Å². The molecule has 0 bridgehead atoms. The fourth-order valence-corrected chi connectivity index (χ4v) is 4.27. The van der Waals surface area contributed by atoms with Crippen LogP contribution in [0, 0.1) is 12.8 Å². The Kier molecular flexibility index (Phi) is 6.53. The third-order valence-electron chi connectivity index (χ3n) is 6.10. The minimum atomic E-state index is -0.192. The Hall–Kier alpha value is -2.17. The molecule has 150 valence electrons. The van der Waals surface area contributed by atoms with Crippen LogP contribution in [0.2, 0.25) is 0 Å². The molecular formula is C24H33N3O. The number of rotatable bonds is 6. The number of carbonyl (C=O) groups excluding carboxylic acids is 1. The lowest BCUT2D eigenvalue weighted by atomic mass is 9.89. The highest BCUT2D eigenvalue weighted by atomic mass is 16.2. The number of amides is 1. The summed E-state index contributed by atoms with van der Waals surface area (Å²) in [4.78, 5) is 15.4. The highest BCUT2D eigenvalue weighted by Crippen LogP contribution is 2.34. The first kappa shape index (κ1) is 20.6. The van der Waals surface area contributed by atoms with Gasteiger partial charge in [0, 0.05) is 24.7 Å². The molecule has 0 radical (unpaired) electrons. The van der Waals surface area contributed by atoms with Crippen LogP contribution in [0.25, 0.3) is 0 Å². The van der Waals surface area contributed by atoms with Gasteiger partial charge in [-0.05, 0) is 48.9 Å². The van der Waals surface area contributed by atoms with E-state index in [4.69, 9.17) is 5.73 Å². The van der Waals surface area contributed by atoms with Crippen LogP contribution in [0.15, 0.2) is 48.5 Å². The largest absolute Gasteiger partial charge is 0.330 e. The Balaban J connectivity index is 1.74. The van der Waals surface area contributed by atoms with E-state index < -0.39 is 0 Å². The molecule has 0 aliphatic carbocycles. The zero-order chi connectivity index (χ0) is 20.3. The van der Waals surface area contributed by atoms with Crippen molar-refractivity contribution in [3.8, 4) is 0 Å². The minimum absolute atomic E-state index is 0.0562. The van der Waals surface area contributed by atoms with E-state index in [0.29, 0.717) is 24.3 Å². The average Bonchev–Trinajstić information content (AvgIpc) is 3.13. The minimum Gasteiger partial charge on any atom is -0.330 e. The van der Waals surface area contributed by atoms with E-state index in [2.05, 4.69) is 73.5 Å². The standard InChI is InChI=1S/C24H33N3O/c1-16(2)21-12-8-9-17(3)23(21)26-24(28)18(4)27-14-20(13-25)22(15-27)19-10-6-5-7-11-19/h5-12,16,18,20,22H,13-15,25H2,1-4H3,(H,26,28)/t18?,20-,22+/m1/s1. The van der Waals surface area contributed by atoms with Gasteiger partial charge in [0.2, 0.25) is 5.91 Å². The first-order valence-corrected chi connectivity index (χ1v) is 10.3. The van der Waals surface area contributed by atoms with Gasteiger partial charge in [0.05, 0.1) is 6.04 Å². The molecule has 0 spiro atoms. The average molecular weight is 380 g/mol. The molecule has 3 rings (SSSR count). The molecule has 1 aliphatic heterocycles. The lowest BCUT2D eigenvalue weighted by Crippen LogP contribution is -2.41. The molecule has 3 atom stereocenters. The summed E-state index contributed by atoms with van der Waals surface area (Å²) in [6.45, 7) is 10.7. The van der Waals surface area contributed by atoms with Gasteiger partial charge in [0.1, 0.15) is 0 Å². The van der Waals surface area contributed by atoms with Gasteiger partial charge in [-0.25, -0.2) is 0 Å². The summed E-state index contributed by atoms with van der Waals surface area (Å²) in [5.74, 6) is 1.18. The molecule has 1 saturated heterocycles. The lowest BCUT2D eigenvalue weighted by Gasteiger charge is -2.25. The van der Waals surface area contributed by atoms with Crippen molar-refractivity contribution in [2.45, 2.75) is 45.6 Å². The van der Waals surface area contributed by atoms with E-state index in [1.807, 2.05) is 13.0 Å². The van der Waals surface area contributed by atoms with Crippen molar-refractivity contribution < 1.29 is 4.79 Å². The van der Waals surface area contributed by atoms with E-state index >= 15 is 0 Å². The van der Waals surface area contributed by atoms with Gasteiger partial charge in [-0.1, -0.05) is 62.4 Å².